The van der Waals surface area contributed by atoms with Crippen molar-refractivity contribution in [1.29, 1.82) is 0 Å². The summed E-state index contributed by atoms with van der Waals surface area (Å²) in [7, 11) is 0. The molecule has 2 aromatic heterocycles. The zero-order chi connectivity index (χ0) is 22.1. The van der Waals surface area contributed by atoms with E-state index in [4.69, 9.17) is 0 Å². The van der Waals surface area contributed by atoms with Gasteiger partial charge in [-0.15, -0.1) is 11.8 Å². The van der Waals surface area contributed by atoms with Crippen molar-refractivity contribution in [3.05, 3.63) is 36.4 Å². The smallest absolute Gasteiger partial charge is 0.310 e. The van der Waals surface area contributed by atoms with Gasteiger partial charge in [0, 0.05) is 37.3 Å². The molecule has 164 valence electrons. The van der Waals surface area contributed by atoms with Crippen LogP contribution in [-0.2, 0) is 4.79 Å². The molecule has 3 rings (SSSR count). The molecule has 0 saturated heterocycles. The van der Waals surface area contributed by atoms with E-state index in [-0.39, 0.29) is 12.3 Å². The van der Waals surface area contributed by atoms with Gasteiger partial charge in [0.2, 0.25) is 5.91 Å². The summed E-state index contributed by atoms with van der Waals surface area (Å²) in [6.45, 7) is 3.46. The molecular weight excluding hydrogens is 427 g/mol. The average Bonchev–Trinajstić information content (AvgIpc) is 3.11. The minimum absolute atomic E-state index is 0.147. The number of aryl methyl sites for hydroxylation is 1. The van der Waals surface area contributed by atoms with E-state index in [0.717, 1.165) is 0 Å². The molecule has 1 fully saturated rings. The van der Waals surface area contributed by atoms with E-state index in [1.165, 1.54) is 9.58 Å². The molecule has 5 nitrogen and oxygen atoms in total. The molecular formula is C19H21F5N4OS. The second-order valence-corrected chi connectivity index (χ2v) is 8.36. The van der Waals surface area contributed by atoms with E-state index in [2.05, 4.69) is 10.1 Å². The molecule has 2 unspecified atom stereocenters. The molecule has 0 aromatic carbocycles. The number of carbonyl (C=O) groups is 1. The summed E-state index contributed by atoms with van der Waals surface area (Å²) in [4.78, 5) is 18.0. The molecule has 30 heavy (non-hydrogen) atoms. The zero-order valence-corrected chi connectivity index (χ0v) is 17.2. The molecule has 2 heterocycles. The van der Waals surface area contributed by atoms with Gasteiger partial charge in [0.1, 0.15) is 5.25 Å². The molecule has 0 radical (unpaired) electrons. The monoisotopic (exact) mass is 448 g/mol. The molecule has 2 aromatic rings. The van der Waals surface area contributed by atoms with Gasteiger partial charge < -0.3 is 4.90 Å². The van der Waals surface area contributed by atoms with Crippen LogP contribution in [0.15, 0.2) is 30.7 Å². The van der Waals surface area contributed by atoms with Gasteiger partial charge in [0.05, 0.1) is 29.5 Å². The van der Waals surface area contributed by atoms with Crippen LogP contribution in [0, 0.1) is 12.8 Å². The first-order valence-corrected chi connectivity index (χ1v) is 10.4. The summed E-state index contributed by atoms with van der Waals surface area (Å²) in [5.41, 5.74) is 1.51. The Morgan fingerprint density at radius 3 is 2.67 bits per heavy atom. The number of aromatic nitrogens is 3. The topological polar surface area (TPSA) is 51.0 Å². The van der Waals surface area contributed by atoms with Crippen LogP contribution >= 0.6 is 11.8 Å². The van der Waals surface area contributed by atoms with Crippen molar-refractivity contribution in [2.75, 3.05) is 17.2 Å². The molecule has 11 heteroatoms. The largest absolute Gasteiger partial charge is 0.401 e. The third-order valence-corrected chi connectivity index (χ3v) is 6.30. The maximum atomic E-state index is 13.4. The summed E-state index contributed by atoms with van der Waals surface area (Å²) in [6.07, 6.45) is -1.16. The normalized spacial score (nSPS) is 18.8. The van der Waals surface area contributed by atoms with Crippen molar-refractivity contribution in [1.82, 2.24) is 14.8 Å². The highest BCUT2D eigenvalue weighted by Crippen LogP contribution is 2.51. The Morgan fingerprint density at radius 2 is 2.13 bits per heavy atom. The fraction of sp³-hybridized carbons (Fsp3) is 0.526. The van der Waals surface area contributed by atoms with Gasteiger partial charge >= 0.3 is 6.18 Å². The van der Waals surface area contributed by atoms with Crippen LogP contribution in [0.25, 0.3) is 5.69 Å². The van der Waals surface area contributed by atoms with Crippen molar-refractivity contribution >= 4 is 23.4 Å². The maximum Gasteiger partial charge on any atom is 0.401 e. The number of hydrogen-bond donors (Lipinski definition) is 0. The van der Waals surface area contributed by atoms with Gasteiger partial charge in [0.15, 0.2) is 0 Å². The molecule has 2 atom stereocenters. The highest BCUT2D eigenvalue weighted by atomic mass is 32.2. The molecule has 0 aliphatic heterocycles. The fourth-order valence-corrected chi connectivity index (χ4v) is 4.31. The third-order valence-electron chi connectivity index (χ3n) is 4.87. The minimum Gasteiger partial charge on any atom is -0.310 e. The van der Waals surface area contributed by atoms with Crippen LogP contribution in [0.4, 0.5) is 27.6 Å². The first-order chi connectivity index (χ1) is 14.0. The summed E-state index contributed by atoms with van der Waals surface area (Å²) in [5.74, 6) is -5.00. The summed E-state index contributed by atoms with van der Waals surface area (Å²) >= 11 is 0.377. The molecule has 1 saturated carbocycles. The summed E-state index contributed by atoms with van der Waals surface area (Å²) < 4.78 is 67.8. The highest BCUT2D eigenvalue weighted by molar-refractivity contribution is 8.00. The Balaban J connectivity index is 1.73. The van der Waals surface area contributed by atoms with E-state index in [0.29, 0.717) is 28.8 Å². The van der Waals surface area contributed by atoms with Crippen molar-refractivity contribution in [3.8, 4) is 5.69 Å². The Hall–Kier alpha value is -2.17. The lowest BCUT2D eigenvalue weighted by atomic mass is 10.2. The van der Waals surface area contributed by atoms with Crippen LogP contribution in [-0.4, -0.2) is 50.3 Å². The number of alkyl halides is 5. The van der Waals surface area contributed by atoms with E-state index < -0.39 is 42.0 Å². The second kappa shape index (κ2) is 8.52. The average molecular weight is 448 g/mol. The van der Waals surface area contributed by atoms with Crippen molar-refractivity contribution in [2.24, 2.45) is 5.92 Å². The van der Waals surface area contributed by atoms with Gasteiger partial charge in [-0.2, -0.15) is 18.3 Å². The zero-order valence-electron chi connectivity index (χ0n) is 16.4. The highest BCUT2D eigenvalue weighted by Gasteiger charge is 2.57. The van der Waals surface area contributed by atoms with Gasteiger partial charge in [-0.1, -0.05) is 0 Å². The summed E-state index contributed by atoms with van der Waals surface area (Å²) in [6, 6.07) is 3.47. The Bertz CT molecular complexity index is 887. The standard InChI is InChI=1S/C19H21F5N4OS/c1-3-27(15-10-28(26-12(15)2)14-5-4-6-25-9-14)17(29)7-16(19(22,23)24)30-11-13-8-18(13,20)21/h4-6,9-10,13,16H,3,7-8,11H2,1-2H3. The summed E-state index contributed by atoms with van der Waals surface area (Å²) in [5, 5.41) is 2.28. The number of thioether (sulfide) groups is 1. The maximum absolute atomic E-state index is 13.4. The quantitative estimate of drug-likeness (QED) is 0.553. The lowest BCUT2D eigenvalue weighted by Crippen LogP contribution is -2.37. The lowest BCUT2D eigenvalue weighted by molar-refractivity contribution is -0.138. The van der Waals surface area contributed by atoms with E-state index in [1.807, 2.05) is 0 Å². The second-order valence-electron chi connectivity index (χ2n) is 7.12. The number of nitrogens with zero attached hydrogens (tertiary/aromatic N) is 4. The Kier molecular flexibility index (Phi) is 6.40. The Morgan fingerprint density at radius 1 is 1.43 bits per heavy atom. The van der Waals surface area contributed by atoms with Gasteiger partial charge in [-0.3, -0.25) is 9.78 Å². The van der Waals surface area contributed by atoms with Crippen molar-refractivity contribution in [2.45, 2.75) is 44.0 Å². The predicted octanol–water partition coefficient (Wildman–Crippen LogP) is 4.64. The van der Waals surface area contributed by atoms with Crippen LogP contribution < -0.4 is 4.90 Å². The van der Waals surface area contributed by atoms with Crippen molar-refractivity contribution < 1.29 is 26.7 Å². The van der Waals surface area contributed by atoms with E-state index in [1.54, 1.807) is 44.6 Å². The van der Waals surface area contributed by atoms with Crippen molar-refractivity contribution in [3.63, 3.8) is 0 Å². The fourth-order valence-electron chi connectivity index (χ4n) is 3.04. The van der Waals surface area contributed by atoms with Crippen LogP contribution in [0.5, 0.6) is 0 Å². The molecule has 0 N–H and O–H groups in total. The molecule has 0 spiro atoms. The molecule has 1 aliphatic carbocycles. The third kappa shape index (κ3) is 5.11. The minimum atomic E-state index is -4.67. The molecule has 0 bridgehead atoms. The number of halogens is 5. The van der Waals surface area contributed by atoms with Crippen LogP contribution in [0.2, 0.25) is 0 Å². The van der Waals surface area contributed by atoms with E-state index >= 15 is 0 Å². The van der Waals surface area contributed by atoms with E-state index in [9.17, 15) is 26.7 Å². The lowest BCUT2D eigenvalue weighted by Gasteiger charge is -2.24. The van der Waals surface area contributed by atoms with Crippen LogP contribution in [0.1, 0.15) is 25.5 Å². The molecule has 1 amide bonds. The number of amides is 1. The Labute approximate surface area is 174 Å². The van der Waals surface area contributed by atoms with Gasteiger partial charge in [0.25, 0.3) is 5.92 Å². The first-order valence-electron chi connectivity index (χ1n) is 9.36. The van der Waals surface area contributed by atoms with Gasteiger partial charge in [-0.25, -0.2) is 13.5 Å². The molecule has 1 aliphatic rings. The number of pyridine rings is 1. The number of anilines is 1. The first kappa shape index (κ1) is 22.5. The SMILES string of the molecule is CCN(C(=O)CC(SCC1CC1(F)F)C(F)(F)F)c1cn(-c2cccnc2)nc1C. The van der Waals surface area contributed by atoms with Crippen LogP contribution in [0.3, 0.4) is 0 Å². The predicted molar refractivity (Wildman–Crippen MR) is 104 cm³/mol. The number of rotatable bonds is 8. The number of carbonyl (C=O) groups excluding carboxylic acids is 1. The number of hydrogen-bond acceptors (Lipinski definition) is 4. The van der Waals surface area contributed by atoms with Gasteiger partial charge in [-0.05, 0) is 26.0 Å².